The van der Waals surface area contributed by atoms with E-state index in [0.717, 1.165) is 28.1 Å². The molecule has 1 aliphatic rings. The highest BCUT2D eigenvalue weighted by atomic mass is 32.2. The van der Waals surface area contributed by atoms with Gasteiger partial charge in [0.25, 0.3) is 0 Å². The van der Waals surface area contributed by atoms with Gasteiger partial charge in [0.05, 0.1) is 30.0 Å². The zero-order valence-corrected chi connectivity index (χ0v) is 16.9. The second-order valence-corrected chi connectivity index (χ2v) is 10.2. The molecule has 1 atom stereocenters. The van der Waals surface area contributed by atoms with Crippen LogP contribution in [0.4, 0.5) is 5.69 Å². The molecule has 0 saturated heterocycles. The second-order valence-electron chi connectivity index (χ2n) is 6.58. The first-order chi connectivity index (χ1) is 12.6. The van der Waals surface area contributed by atoms with Crippen LogP contribution in [0.1, 0.15) is 29.2 Å². The van der Waals surface area contributed by atoms with Crippen LogP contribution in [0.3, 0.4) is 0 Å². The second kappa shape index (κ2) is 6.97. The summed E-state index contributed by atoms with van der Waals surface area (Å²) in [5.41, 5.74) is 3.42. The van der Waals surface area contributed by atoms with Gasteiger partial charge in [-0.2, -0.15) is 9.52 Å². The van der Waals surface area contributed by atoms with Crippen molar-refractivity contribution in [2.75, 3.05) is 17.2 Å². The molecule has 9 heteroatoms. The Balaban J connectivity index is 2.08. The SMILES string of the molecule is Cc1ccccc1C1=NN(S(C)(=O)=O)[C@@H](c2ccccc2NS(C)(=O)=O)C1. The average Bonchev–Trinajstić information content (AvgIpc) is 2.99. The van der Waals surface area contributed by atoms with Gasteiger partial charge in [-0.15, -0.1) is 0 Å². The van der Waals surface area contributed by atoms with E-state index in [9.17, 15) is 16.8 Å². The Morgan fingerprint density at radius 1 is 1.00 bits per heavy atom. The fraction of sp³-hybridized carbons (Fsp3) is 0.278. The van der Waals surface area contributed by atoms with Gasteiger partial charge in [0.2, 0.25) is 20.0 Å². The van der Waals surface area contributed by atoms with Crippen molar-refractivity contribution in [3.8, 4) is 0 Å². The third-order valence-electron chi connectivity index (χ3n) is 4.28. The third-order valence-corrected chi connectivity index (χ3v) is 5.89. The van der Waals surface area contributed by atoms with Crippen molar-refractivity contribution >= 4 is 31.4 Å². The number of rotatable bonds is 5. The number of benzene rings is 2. The van der Waals surface area contributed by atoms with Crippen LogP contribution < -0.4 is 4.72 Å². The number of anilines is 1. The smallest absolute Gasteiger partial charge is 0.247 e. The van der Waals surface area contributed by atoms with E-state index in [-0.39, 0.29) is 0 Å². The molecule has 0 unspecified atom stereocenters. The van der Waals surface area contributed by atoms with Crippen molar-refractivity contribution in [2.45, 2.75) is 19.4 Å². The fourth-order valence-electron chi connectivity index (χ4n) is 3.17. The maximum atomic E-state index is 12.4. The van der Waals surface area contributed by atoms with E-state index < -0.39 is 26.1 Å². The Hall–Kier alpha value is -2.39. The van der Waals surface area contributed by atoms with Crippen LogP contribution in [0.2, 0.25) is 0 Å². The van der Waals surface area contributed by atoms with Gasteiger partial charge in [-0.05, 0) is 18.6 Å². The summed E-state index contributed by atoms with van der Waals surface area (Å²) in [6, 6.07) is 13.8. The lowest BCUT2D eigenvalue weighted by Gasteiger charge is -2.23. The molecule has 1 N–H and O–H groups in total. The van der Waals surface area contributed by atoms with E-state index in [0.29, 0.717) is 23.4 Å². The fourth-order valence-corrected chi connectivity index (χ4v) is 4.65. The number of hydrogen-bond donors (Lipinski definition) is 1. The Morgan fingerprint density at radius 2 is 1.63 bits per heavy atom. The molecule has 7 nitrogen and oxygen atoms in total. The lowest BCUT2D eigenvalue weighted by atomic mass is 9.96. The van der Waals surface area contributed by atoms with Crippen LogP contribution in [-0.4, -0.2) is 39.5 Å². The largest absolute Gasteiger partial charge is 0.283 e. The van der Waals surface area contributed by atoms with Crippen LogP contribution in [0, 0.1) is 6.92 Å². The molecule has 144 valence electrons. The molecule has 0 fully saturated rings. The lowest BCUT2D eigenvalue weighted by Crippen LogP contribution is -2.27. The van der Waals surface area contributed by atoms with Gasteiger partial charge in [-0.1, -0.05) is 42.5 Å². The first-order valence-corrected chi connectivity index (χ1v) is 12.0. The molecule has 1 aliphatic heterocycles. The number of nitrogens with one attached hydrogen (secondary N) is 1. The van der Waals surface area contributed by atoms with Crippen molar-refractivity contribution in [3.05, 3.63) is 65.2 Å². The van der Waals surface area contributed by atoms with Gasteiger partial charge in [-0.3, -0.25) is 4.72 Å². The van der Waals surface area contributed by atoms with Crippen LogP contribution in [0.15, 0.2) is 53.6 Å². The predicted molar refractivity (Wildman–Crippen MR) is 107 cm³/mol. The Kier molecular flexibility index (Phi) is 5.00. The molecular formula is C18H21N3O4S2. The lowest BCUT2D eigenvalue weighted by molar-refractivity contribution is 0.375. The molecule has 3 rings (SSSR count). The molecule has 1 heterocycles. The van der Waals surface area contributed by atoms with Gasteiger partial charge >= 0.3 is 0 Å². The number of para-hydroxylation sites is 1. The number of sulfonamides is 2. The highest BCUT2D eigenvalue weighted by Crippen LogP contribution is 2.38. The molecule has 0 saturated carbocycles. The standard InChI is InChI=1S/C18H21N3O4S2/c1-13-8-4-5-9-14(13)17-12-18(21(19-17)27(3,24)25)15-10-6-7-11-16(15)20-26(2,22)23/h4-11,18,20H,12H2,1-3H3/t18-/m1/s1. The van der Waals surface area contributed by atoms with Crippen LogP contribution >= 0.6 is 0 Å². The number of hydrazone groups is 1. The minimum Gasteiger partial charge on any atom is -0.283 e. The summed E-state index contributed by atoms with van der Waals surface area (Å²) in [6.45, 7) is 1.94. The number of nitrogens with zero attached hydrogens (tertiary/aromatic N) is 2. The van der Waals surface area contributed by atoms with E-state index in [1.165, 1.54) is 0 Å². The van der Waals surface area contributed by atoms with Gasteiger partial charge in [0, 0.05) is 17.5 Å². The van der Waals surface area contributed by atoms with Crippen molar-refractivity contribution in [3.63, 3.8) is 0 Å². The summed E-state index contributed by atoms with van der Waals surface area (Å²) in [5.74, 6) is 0. The zero-order chi connectivity index (χ0) is 19.8. The summed E-state index contributed by atoms with van der Waals surface area (Å²) < 4.78 is 51.7. The first-order valence-electron chi connectivity index (χ1n) is 8.26. The Bertz CT molecular complexity index is 1110. The van der Waals surface area contributed by atoms with Crippen molar-refractivity contribution in [1.82, 2.24) is 4.41 Å². The van der Waals surface area contributed by atoms with Crippen molar-refractivity contribution < 1.29 is 16.8 Å². The van der Waals surface area contributed by atoms with E-state index in [1.54, 1.807) is 24.3 Å². The van der Waals surface area contributed by atoms with Crippen molar-refractivity contribution in [2.24, 2.45) is 5.10 Å². The van der Waals surface area contributed by atoms with Crippen LogP contribution in [-0.2, 0) is 20.0 Å². The first kappa shape index (κ1) is 19.4. The van der Waals surface area contributed by atoms with E-state index in [4.69, 9.17) is 0 Å². The Labute approximate surface area is 159 Å². The van der Waals surface area contributed by atoms with Gasteiger partial charge in [-0.25, -0.2) is 16.8 Å². The summed E-state index contributed by atoms with van der Waals surface area (Å²) in [4.78, 5) is 0. The molecule has 0 spiro atoms. The molecule has 0 radical (unpaired) electrons. The monoisotopic (exact) mass is 407 g/mol. The summed E-state index contributed by atoms with van der Waals surface area (Å²) >= 11 is 0. The summed E-state index contributed by atoms with van der Waals surface area (Å²) in [6.07, 6.45) is 2.50. The van der Waals surface area contributed by atoms with Gasteiger partial charge in [0.15, 0.2) is 0 Å². The normalized spacial score (nSPS) is 17.7. The van der Waals surface area contributed by atoms with E-state index >= 15 is 0 Å². The van der Waals surface area contributed by atoms with Crippen molar-refractivity contribution in [1.29, 1.82) is 0 Å². The molecule has 2 aromatic carbocycles. The average molecular weight is 408 g/mol. The third kappa shape index (κ3) is 4.30. The number of hydrogen-bond acceptors (Lipinski definition) is 5. The maximum Gasteiger partial charge on any atom is 0.247 e. The summed E-state index contributed by atoms with van der Waals surface area (Å²) in [5, 5.41) is 4.37. The molecule has 0 aliphatic carbocycles. The molecule has 2 aromatic rings. The molecular weight excluding hydrogens is 386 g/mol. The minimum absolute atomic E-state index is 0.347. The predicted octanol–water partition coefficient (Wildman–Crippen LogP) is 2.48. The minimum atomic E-state index is -3.65. The van der Waals surface area contributed by atoms with Gasteiger partial charge in [0.1, 0.15) is 0 Å². The molecule has 0 amide bonds. The Morgan fingerprint density at radius 3 is 2.26 bits per heavy atom. The topological polar surface area (TPSA) is 95.9 Å². The number of aryl methyl sites for hydroxylation is 1. The van der Waals surface area contributed by atoms with E-state index in [2.05, 4.69) is 9.82 Å². The van der Waals surface area contributed by atoms with Gasteiger partial charge < -0.3 is 0 Å². The van der Waals surface area contributed by atoms with Crippen LogP contribution in [0.25, 0.3) is 0 Å². The zero-order valence-electron chi connectivity index (χ0n) is 15.2. The highest BCUT2D eigenvalue weighted by molar-refractivity contribution is 7.92. The van der Waals surface area contributed by atoms with E-state index in [1.807, 2.05) is 31.2 Å². The van der Waals surface area contributed by atoms with Crippen LogP contribution in [0.5, 0.6) is 0 Å². The quantitative estimate of drug-likeness (QED) is 0.824. The molecule has 27 heavy (non-hydrogen) atoms. The maximum absolute atomic E-state index is 12.4. The molecule has 0 bridgehead atoms. The molecule has 0 aromatic heterocycles. The summed E-state index contributed by atoms with van der Waals surface area (Å²) in [7, 11) is -7.16. The highest BCUT2D eigenvalue weighted by Gasteiger charge is 2.36.